The van der Waals surface area contributed by atoms with Crippen molar-refractivity contribution in [2.45, 2.75) is 57.0 Å². The summed E-state index contributed by atoms with van der Waals surface area (Å²) in [4.78, 5) is 18.4. The van der Waals surface area contributed by atoms with Crippen LogP contribution in [-0.4, -0.2) is 31.3 Å². The van der Waals surface area contributed by atoms with Crippen LogP contribution in [0.25, 0.3) is 0 Å². The van der Waals surface area contributed by atoms with Crippen molar-refractivity contribution in [2.75, 3.05) is 0 Å². The standard InChI is InChI=1S/C9H20NO4P/c1-7(2)5-9(11,15(12,13)14)6-8(3,4)10-7/h10-11H,5-6H2,1-4H3,(H2,12,13,14). The van der Waals surface area contributed by atoms with Crippen LogP contribution in [0.3, 0.4) is 0 Å². The molecule has 0 radical (unpaired) electrons. The van der Waals surface area contributed by atoms with Crippen LogP contribution in [0.5, 0.6) is 0 Å². The second-order valence-corrected chi connectivity index (χ2v) is 7.69. The highest BCUT2D eigenvalue weighted by Crippen LogP contribution is 2.57. The lowest BCUT2D eigenvalue weighted by molar-refractivity contribution is -0.0123. The first kappa shape index (κ1) is 13.1. The van der Waals surface area contributed by atoms with Gasteiger partial charge in [0, 0.05) is 23.9 Å². The zero-order valence-corrected chi connectivity index (χ0v) is 10.5. The molecule has 0 aromatic carbocycles. The number of nitrogens with one attached hydrogen (secondary N) is 1. The summed E-state index contributed by atoms with van der Waals surface area (Å²) in [6.07, 6.45) is 0.0986. The van der Waals surface area contributed by atoms with Gasteiger partial charge in [-0.1, -0.05) is 0 Å². The van der Waals surface area contributed by atoms with Crippen LogP contribution in [0, 0.1) is 0 Å². The second-order valence-electron chi connectivity index (χ2n) is 5.77. The molecule has 0 aromatic rings. The highest BCUT2D eigenvalue weighted by molar-refractivity contribution is 7.53. The van der Waals surface area contributed by atoms with E-state index in [0.29, 0.717) is 0 Å². The Morgan fingerprint density at radius 2 is 1.40 bits per heavy atom. The van der Waals surface area contributed by atoms with E-state index in [4.69, 9.17) is 0 Å². The average Bonchev–Trinajstić information content (AvgIpc) is 1.72. The van der Waals surface area contributed by atoms with Gasteiger partial charge in [0.15, 0.2) is 5.34 Å². The van der Waals surface area contributed by atoms with Gasteiger partial charge in [0.1, 0.15) is 0 Å². The van der Waals surface area contributed by atoms with Gasteiger partial charge in [-0.25, -0.2) is 0 Å². The van der Waals surface area contributed by atoms with Gasteiger partial charge in [-0.05, 0) is 27.7 Å². The minimum atomic E-state index is -4.50. The predicted octanol–water partition coefficient (Wildman–Crippen LogP) is 0.793. The molecule has 0 spiro atoms. The summed E-state index contributed by atoms with van der Waals surface area (Å²) in [5.41, 5.74) is -0.977. The molecular formula is C9H20NO4P. The fourth-order valence-electron chi connectivity index (χ4n) is 2.69. The number of piperidine rings is 1. The molecule has 0 atom stereocenters. The smallest absolute Gasteiger partial charge is 0.356 e. The first-order valence-electron chi connectivity index (χ1n) is 4.94. The van der Waals surface area contributed by atoms with Gasteiger partial charge < -0.3 is 20.2 Å². The van der Waals surface area contributed by atoms with Crippen LogP contribution >= 0.6 is 7.60 Å². The molecule has 5 nitrogen and oxygen atoms in total. The van der Waals surface area contributed by atoms with Crippen LogP contribution in [0.2, 0.25) is 0 Å². The molecule has 0 unspecified atom stereocenters. The summed E-state index contributed by atoms with van der Waals surface area (Å²) < 4.78 is 11.3. The molecule has 1 rings (SSSR count). The Bertz CT molecular complexity index is 291. The Balaban J connectivity index is 3.08. The molecule has 0 amide bonds. The van der Waals surface area contributed by atoms with E-state index in [1.807, 2.05) is 27.7 Å². The van der Waals surface area contributed by atoms with Crippen molar-refractivity contribution < 1.29 is 19.5 Å². The molecule has 1 fully saturated rings. The molecule has 1 heterocycles. The zero-order valence-electron chi connectivity index (χ0n) is 9.61. The van der Waals surface area contributed by atoms with Gasteiger partial charge in [0.2, 0.25) is 0 Å². The Labute approximate surface area is 90.0 Å². The molecule has 4 N–H and O–H groups in total. The van der Waals surface area contributed by atoms with Crippen molar-refractivity contribution in [3.05, 3.63) is 0 Å². The third-order valence-corrected chi connectivity index (χ3v) is 4.07. The normalized spacial score (nSPS) is 28.7. The number of hydrogen-bond acceptors (Lipinski definition) is 3. The van der Waals surface area contributed by atoms with Crippen LogP contribution in [0.1, 0.15) is 40.5 Å². The molecule has 1 aliphatic rings. The molecule has 0 saturated carbocycles. The van der Waals surface area contributed by atoms with Crippen molar-refractivity contribution in [3.63, 3.8) is 0 Å². The van der Waals surface area contributed by atoms with E-state index in [-0.39, 0.29) is 12.8 Å². The lowest BCUT2D eigenvalue weighted by atomic mass is 9.80. The van der Waals surface area contributed by atoms with E-state index in [1.54, 1.807) is 0 Å². The van der Waals surface area contributed by atoms with Gasteiger partial charge in [-0.2, -0.15) is 0 Å². The van der Waals surface area contributed by atoms with E-state index in [2.05, 4.69) is 5.32 Å². The second kappa shape index (κ2) is 3.28. The SMILES string of the molecule is CC1(C)CC(O)(P(=O)(O)O)CC(C)(C)N1. The fraction of sp³-hybridized carbons (Fsp3) is 1.00. The minimum absolute atomic E-state index is 0.0493. The topological polar surface area (TPSA) is 89.8 Å². The van der Waals surface area contributed by atoms with Gasteiger partial charge in [0.25, 0.3) is 0 Å². The maximum Gasteiger partial charge on any atom is 0.356 e. The molecular weight excluding hydrogens is 217 g/mol. The maximum absolute atomic E-state index is 11.3. The lowest BCUT2D eigenvalue weighted by Gasteiger charge is -2.50. The molecule has 1 aliphatic heterocycles. The van der Waals surface area contributed by atoms with Crippen molar-refractivity contribution in [1.29, 1.82) is 0 Å². The Hall–Kier alpha value is 0.0700. The first-order chi connectivity index (χ1) is 6.37. The van der Waals surface area contributed by atoms with E-state index in [1.165, 1.54) is 0 Å². The third-order valence-electron chi connectivity index (χ3n) is 2.67. The molecule has 0 bridgehead atoms. The summed E-state index contributed by atoms with van der Waals surface area (Å²) in [5, 5.41) is 11.4. The molecule has 90 valence electrons. The lowest BCUT2D eigenvalue weighted by Crippen LogP contribution is -2.63. The van der Waals surface area contributed by atoms with E-state index < -0.39 is 24.0 Å². The number of aliphatic hydroxyl groups is 1. The monoisotopic (exact) mass is 237 g/mol. The number of hydrogen-bond donors (Lipinski definition) is 4. The Morgan fingerprint density at radius 3 is 1.67 bits per heavy atom. The first-order valence-corrected chi connectivity index (χ1v) is 6.56. The van der Waals surface area contributed by atoms with Gasteiger partial charge >= 0.3 is 7.60 Å². The van der Waals surface area contributed by atoms with Gasteiger partial charge in [0.05, 0.1) is 0 Å². The molecule has 0 aromatic heterocycles. The van der Waals surface area contributed by atoms with Crippen molar-refractivity contribution >= 4 is 7.60 Å². The van der Waals surface area contributed by atoms with Crippen LogP contribution in [0.4, 0.5) is 0 Å². The summed E-state index contributed by atoms with van der Waals surface area (Å²) in [6.45, 7) is 7.31. The van der Waals surface area contributed by atoms with E-state index in [0.717, 1.165) is 0 Å². The van der Waals surface area contributed by atoms with Crippen molar-refractivity contribution in [1.82, 2.24) is 5.32 Å². The molecule has 1 saturated heterocycles. The average molecular weight is 237 g/mol. The van der Waals surface area contributed by atoms with Gasteiger partial charge in [-0.15, -0.1) is 0 Å². The Morgan fingerprint density at radius 1 is 1.07 bits per heavy atom. The minimum Gasteiger partial charge on any atom is -0.377 e. The van der Waals surface area contributed by atoms with E-state index in [9.17, 15) is 19.5 Å². The van der Waals surface area contributed by atoms with Gasteiger partial charge in [-0.3, -0.25) is 4.57 Å². The summed E-state index contributed by atoms with van der Waals surface area (Å²) in [6, 6.07) is 0. The largest absolute Gasteiger partial charge is 0.377 e. The fourth-order valence-corrected chi connectivity index (χ4v) is 3.89. The summed E-state index contributed by atoms with van der Waals surface area (Å²) in [7, 11) is -4.50. The summed E-state index contributed by atoms with van der Waals surface area (Å²) in [5.74, 6) is 0. The zero-order chi connectivity index (χ0) is 12.1. The summed E-state index contributed by atoms with van der Waals surface area (Å²) >= 11 is 0. The maximum atomic E-state index is 11.3. The molecule has 15 heavy (non-hydrogen) atoms. The number of rotatable bonds is 1. The van der Waals surface area contributed by atoms with E-state index >= 15 is 0 Å². The highest BCUT2D eigenvalue weighted by atomic mass is 31.2. The van der Waals surface area contributed by atoms with Crippen LogP contribution < -0.4 is 5.32 Å². The Kier molecular flexibility index (Phi) is 2.87. The quantitative estimate of drug-likeness (QED) is 0.506. The van der Waals surface area contributed by atoms with Crippen LogP contribution in [-0.2, 0) is 4.57 Å². The molecule has 0 aliphatic carbocycles. The highest BCUT2D eigenvalue weighted by Gasteiger charge is 2.55. The predicted molar refractivity (Wildman–Crippen MR) is 57.5 cm³/mol. The van der Waals surface area contributed by atoms with Crippen molar-refractivity contribution in [2.24, 2.45) is 0 Å². The van der Waals surface area contributed by atoms with Crippen molar-refractivity contribution in [3.8, 4) is 0 Å². The molecule has 6 heteroatoms. The third kappa shape index (κ3) is 2.80. The van der Waals surface area contributed by atoms with Crippen LogP contribution in [0.15, 0.2) is 0 Å².